The second kappa shape index (κ2) is 6.86. The molecule has 3 nitrogen and oxygen atoms in total. The van der Waals surface area contributed by atoms with Crippen molar-refractivity contribution in [3.8, 4) is 11.5 Å². The summed E-state index contributed by atoms with van der Waals surface area (Å²) in [5, 5.41) is 0. The molecule has 0 radical (unpaired) electrons. The Hall–Kier alpha value is -2.29. The summed E-state index contributed by atoms with van der Waals surface area (Å²) in [6.45, 7) is 4.77. The molecule has 1 aliphatic rings. The number of unbranched alkanes of at least 4 members (excludes halogenated alkanes) is 1. The predicted octanol–water partition coefficient (Wildman–Crippen LogP) is 4.48. The van der Waals surface area contributed by atoms with Crippen molar-refractivity contribution >= 4 is 5.97 Å². The van der Waals surface area contributed by atoms with Crippen molar-refractivity contribution in [2.75, 3.05) is 6.61 Å². The lowest BCUT2D eigenvalue weighted by Gasteiger charge is -2.13. The van der Waals surface area contributed by atoms with Gasteiger partial charge in [-0.2, -0.15) is 0 Å². The first kappa shape index (κ1) is 15.6. The number of aryl methyl sites for hydroxylation is 1. The first-order valence-corrected chi connectivity index (χ1v) is 8.30. The number of hydrogen-bond donors (Lipinski definition) is 0. The predicted molar refractivity (Wildman–Crippen MR) is 90.1 cm³/mol. The number of esters is 1. The Balaban J connectivity index is 1.97. The molecule has 0 bridgehead atoms. The molecular formula is C20H22O3. The van der Waals surface area contributed by atoms with Crippen molar-refractivity contribution < 1.29 is 14.3 Å². The van der Waals surface area contributed by atoms with Crippen molar-refractivity contribution in [3.05, 3.63) is 59.2 Å². The van der Waals surface area contributed by atoms with Crippen LogP contribution in [0.3, 0.4) is 0 Å². The maximum absolute atomic E-state index is 12.4. The molecule has 1 unspecified atom stereocenters. The quantitative estimate of drug-likeness (QED) is 0.583. The molecule has 3 rings (SSSR count). The molecule has 1 aliphatic heterocycles. The zero-order valence-electron chi connectivity index (χ0n) is 13.7. The number of carbonyl (C=O) groups is 1. The second-order valence-corrected chi connectivity index (χ2v) is 5.79. The molecule has 0 aromatic heterocycles. The fraction of sp³-hybridized carbons (Fsp3) is 0.350. The van der Waals surface area contributed by atoms with Crippen LogP contribution in [0.4, 0.5) is 0 Å². The summed E-state index contributed by atoms with van der Waals surface area (Å²) in [6.07, 6.45) is 3.22. The Morgan fingerprint density at radius 3 is 2.57 bits per heavy atom. The number of benzene rings is 2. The number of ether oxygens (including phenoxy) is 2. The van der Waals surface area contributed by atoms with Crippen LogP contribution in [-0.4, -0.2) is 12.6 Å². The summed E-state index contributed by atoms with van der Waals surface area (Å²) < 4.78 is 11.0. The van der Waals surface area contributed by atoms with Crippen LogP contribution in [0.5, 0.6) is 11.5 Å². The Morgan fingerprint density at radius 2 is 1.87 bits per heavy atom. The van der Waals surface area contributed by atoms with Gasteiger partial charge in [-0.05, 0) is 49.1 Å². The number of carbonyl (C=O) groups excluding carboxylic acids is 1. The summed E-state index contributed by atoms with van der Waals surface area (Å²) in [4.78, 5) is 12.4. The molecule has 0 amide bonds. The minimum Gasteiger partial charge on any atom is -0.494 e. The first-order chi connectivity index (χ1) is 11.2. The molecule has 1 heterocycles. The van der Waals surface area contributed by atoms with Crippen LogP contribution in [-0.2, 0) is 11.2 Å². The van der Waals surface area contributed by atoms with Crippen molar-refractivity contribution in [2.45, 2.75) is 39.0 Å². The van der Waals surface area contributed by atoms with E-state index in [9.17, 15) is 4.79 Å². The van der Waals surface area contributed by atoms with Crippen molar-refractivity contribution in [1.82, 2.24) is 0 Å². The molecule has 3 heteroatoms. The van der Waals surface area contributed by atoms with Crippen LogP contribution in [0.1, 0.15) is 49.3 Å². The van der Waals surface area contributed by atoms with Crippen LogP contribution in [0.25, 0.3) is 0 Å². The lowest BCUT2D eigenvalue weighted by Crippen LogP contribution is -2.12. The molecule has 0 saturated carbocycles. The van der Waals surface area contributed by atoms with Crippen LogP contribution in [0.15, 0.2) is 42.5 Å². The molecule has 2 aromatic carbocycles. The van der Waals surface area contributed by atoms with E-state index in [1.54, 1.807) is 0 Å². The monoisotopic (exact) mass is 310 g/mol. The van der Waals surface area contributed by atoms with Gasteiger partial charge in [0.05, 0.1) is 6.61 Å². The van der Waals surface area contributed by atoms with Gasteiger partial charge in [-0.15, -0.1) is 0 Å². The summed E-state index contributed by atoms with van der Waals surface area (Å²) in [7, 11) is 0. The molecule has 0 fully saturated rings. The highest BCUT2D eigenvalue weighted by molar-refractivity contribution is 5.90. The highest BCUT2D eigenvalue weighted by Crippen LogP contribution is 2.42. The van der Waals surface area contributed by atoms with Crippen LogP contribution < -0.4 is 9.47 Å². The molecule has 0 N–H and O–H groups in total. The average Bonchev–Trinajstić information content (AvgIpc) is 2.90. The average molecular weight is 310 g/mol. The van der Waals surface area contributed by atoms with Gasteiger partial charge in [-0.25, -0.2) is 0 Å². The fourth-order valence-corrected chi connectivity index (χ4v) is 3.10. The summed E-state index contributed by atoms with van der Waals surface area (Å²) in [6, 6.07) is 13.7. The minimum absolute atomic E-state index is 0.187. The largest absolute Gasteiger partial charge is 0.494 e. The lowest BCUT2D eigenvalue weighted by molar-refractivity contribution is -0.133. The third-order valence-electron chi connectivity index (χ3n) is 4.22. The van der Waals surface area contributed by atoms with E-state index >= 15 is 0 Å². The van der Waals surface area contributed by atoms with Gasteiger partial charge in [0.2, 0.25) is 0 Å². The van der Waals surface area contributed by atoms with Gasteiger partial charge >= 0.3 is 5.97 Å². The van der Waals surface area contributed by atoms with Gasteiger partial charge in [0.25, 0.3) is 0 Å². The highest BCUT2D eigenvalue weighted by atomic mass is 16.5. The van der Waals surface area contributed by atoms with Gasteiger partial charge in [-0.3, -0.25) is 4.79 Å². The maximum atomic E-state index is 12.4. The molecular weight excluding hydrogens is 288 g/mol. The van der Waals surface area contributed by atoms with E-state index in [0.29, 0.717) is 12.4 Å². The van der Waals surface area contributed by atoms with E-state index < -0.39 is 0 Å². The number of hydrogen-bond acceptors (Lipinski definition) is 3. The standard InChI is InChI=1S/C20H22O3/c1-3-5-7-14-8-6-9-17-18(14)19(20(21)23-17)15-10-12-16(13-11-15)22-4-2/h6,8-13,19H,3-5,7H2,1-2H3. The Labute approximate surface area is 137 Å². The van der Waals surface area contributed by atoms with Crippen LogP contribution in [0.2, 0.25) is 0 Å². The molecule has 0 spiro atoms. The molecule has 120 valence electrons. The second-order valence-electron chi connectivity index (χ2n) is 5.79. The fourth-order valence-electron chi connectivity index (χ4n) is 3.10. The number of fused-ring (bicyclic) bond motifs is 1. The highest BCUT2D eigenvalue weighted by Gasteiger charge is 2.36. The smallest absolute Gasteiger partial charge is 0.323 e. The minimum atomic E-state index is -0.325. The van der Waals surface area contributed by atoms with Crippen molar-refractivity contribution in [1.29, 1.82) is 0 Å². The molecule has 23 heavy (non-hydrogen) atoms. The topological polar surface area (TPSA) is 35.5 Å². The summed E-state index contributed by atoms with van der Waals surface area (Å²) in [5.74, 6) is 1.02. The van der Waals surface area contributed by atoms with Gasteiger partial charge in [-0.1, -0.05) is 37.6 Å². The Kier molecular flexibility index (Phi) is 4.65. The summed E-state index contributed by atoms with van der Waals surface area (Å²) >= 11 is 0. The van der Waals surface area contributed by atoms with E-state index in [0.717, 1.165) is 36.1 Å². The molecule has 0 saturated heterocycles. The van der Waals surface area contributed by atoms with Gasteiger partial charge < -0.3 is 9.47 Å². The van der Waals surface area contributed by atoms with Crippen LogP contribution >= 0.6 is 0 Å². The Bertz CT molecular complexity index is 689. The van der Waals surface area contributed by atoms with Gasteiger partial charge in [0.1, 0.15) is 17.4 Å². The van der Waals surface area contributed by atoms with E-state index in [1.165, 1.54) is 5.56 Å². The SMILES string of the molecule is CCCCc1cccc2c1C(c1ccc(OCC)cc1)C(=O)O2. The summed E-state index contributed by atoms with van der Waals surface area (Å²) in [5.41, 5.74) is 3.21. The molecule has 2 aromatic rings. The lowest BCUT2D eigenvalue weighted by atomic mass is 9.87. The van der Waals surface area contributed by atoms with E-state index in [-0.39, 0.29) is 11.9 Å². The van der Waals surface area contributed by atoms with E-state index in [1.807, 2.05) is 43.3 Å². The number of rotatable bonds is 6. The van der Waals surface area contributed by atoms with E-state index in [4.69, 9.17) is 9.47 Å². The van der Waals surface area contributed by atoms with E-state index in [2.05, 4.69) is 13.0 Å². The zero-order valence-corrected chi connectivity index (χ0v) is 13.7. The van der Waals surface area contributed by atoms with Crippen molar-refractivity contribution in [3.63, 3.8) is 0 Å². The Morgan fingerprint density at radius 1 is 1.09 bits per heavy atom. The zero-order chi connectivity index (χ0) is 16.2. The normalized spacial score (nSPS) is 16.1. The maximum Gasteiger partial charge on any atom is 0.323 e. The molecule has 0 aliphatic carbocycles. The van der Waals surface area contributed by atoms with Gasteiger partial charge in [0, 0.05) is 5.56 Å². The van der Waals surface area contributed by atoms with Crippen LogP contribution in [0, 0.1) is 0 Å². The first-order valence-electron chi connectivity index (χ1n) is 8.30. The van der Waals surface area contributed by atoms with Crippen molar-refractivity contribution in [2.24, 2.45) is 0 Å². The van der Waals surface area contributed by atoms with Gasteiger partial charge in [0.15, 0.2) is 0 Å². The third kappa shape index (κ3) is 3.09. The third-order valence-corrected chi connectivity index (χ3v) is 4.22. The molecule has 1 atom stereocenters.